The van der Waals surface area contributed by atoms with Gasteiger partial charge in [0, 0.05) is 26.2 Å². The number of nitrogens with zero attached hydrogens (tertiary/aromatic N) is 2. The van der Waals surface area contributed by atoms with E-state index in [1.807, 2.05) is 5.01 Å². The number of carbonyl (C=O) groups is 1. The smallest absolute Gasteiger partial charge is 0.236 e. The number of nitrogens with two attached hydrogens (primary N) is 1. The van der Waals surface area contributed by atoms with Crippen molar-refractivity contribution in [1.82, 2.24) is 9.91 Å². The molecule has 104 valence electrons. The molecule has 0 aliphatic carbocycles. The van der Waals surface area contributed by atoms with Crippen LogP contribution in [0.5, 0.6) is 0 Å². The van der Waals surface area contributed by atoms with Crippen LogP contribution in [-0.2, 0) is 4.79 Å². The zero-order valence-electron chi connectivity index (χ0n) is 10.4. The van der Waals surface area contributed by atoms with Gasteiger partial charge in [0.1, 0.15) is 5.82 Å². The number of anilines is 1. The van der Waals surface area contributed by atoms with E-state index >= 15 is 0 Å². The highest BCUT2D eigenvalue weighted by atomic mass is 35.5. The fourth-order valence-electron chi connectivity index (χ4n) is 1.95. The van der Waals surface area contributed by atoms with Gasteiger partial charge in [0.25, 0.3) is 0 Å². The lowest BCUT2D eigenvalue weighted by molar-refractivity contribution is -0.131. The minimum absolute atomic E-state index is 0.0375. The fourth-order valence-corrected chi connectivity index (χ4v) is 2.13. The Labute approximate surface area is 116 Å². The molecule has 0 saturated carbocycles. The first kappa shape index (κ1) is 14.0. The predicted octanol–water partition coefficient (Wildman–Crippen LogP) is 0.909. The van der Waals surface area contributed by atoms with E-state index in [0.717, 1.165) is 5.69 Å². The maximum Gasteiger partial charge on any atom is 0.236 e. The predicted molar refractivity (Wildman–Crippen MR) is 72.2 cm³/mol. The lowest BCUT2D eigenvalue weighted by atomic mass is 10.3. The minimum Gasteiger partial charge on any atom is -0.339 e. The maximum atomic E-state index is 13.0. The van der Waals surface area contributed by atoms with Crippen LogP contribution < -0.4 is 11.2 Å². The molecule has 1 aliphatic heterocycles. The van der Waals surface area contributed by atoms with Crippen LogP contribution in [0.15, 0.2) is 18.2 Å². The first-order chi connectivity index (χ1) is 9.10. The number of benzene rings is 1. The molecule has 1 aliphatic rings. The third-order valence-electron chi connectivity index (χ3n) is 3.01. The molecule has 1 aromatic carbocycles. The summed E-state index contributed by atoms with van der Waals surface area (Å²) in [7, 11) is 0. The number of hydrogen-bond donors (Lipinski definition) is 2. The molecule has 19 heavy (non-hydrogen) atoms. The summed E-state index contributed by atoms with van der Waals surface area (Å²) in [5.74, 6) is -0.477. The normalized spacial score (nSPS) is 16.5. The van der Waals surface area contributed by atoms with Gasteiger partial charge in [-0.3, -0.25) is 4.79 Å². The number of carbonyl (C=O) groups excluding carboxylic acids is 1. The van der Waals surface area contributed by atoms with Gasteiger partial charge in [-0.1, -0.05) is 11.6 Å². The Morgan fingerprint density at radius 1 is 1.37 bits per heavy atom. The van der Waals surface area contributed by atoms with Gasteiger partial charge in [0.05, 0.1) is 17.3 Å². The van der Waals surface area contributed by atoms with Crippen molar-refractivity contribution in [2.45, 2.75) is 0 Å². The number of rotatable bonds is 3. The molecule has 1 amide bonds. The van der Waals surface area contributed by atoms with Crippen molar-refractivity contribution in [1.29, 1.82) is 0 Å². The van der Waals surface area contributed by atoms with Crippen molar-refractivity contribution in [3.05, 3.63) is 29.0 Å². The van der Waals surface area contributed by atoms with E-state index in [4.69, 9.17) is 17.3 Å². The first-order valence-corrected chi connectivity index (χ1v) is 6.42. The van der Waals surface area contributed by atoms with E-state index in [1.165, 1.54) is 12.1 Å². The molecule has 1 saturated heterocycles. The minimum atomic E-state index is -0.439. The summed E-state index contributed by atoms with van der Waals surface area (Å²) in [6.07, 6.45) is 0. The van der Waals surface area contributed by atoms with Crippen LogP contribution in [0.25, 0.3) is 0 Å². The molecule has 1 fully saturated rings. The standard InChI is InChI=1S/C12H16ClFN4O/c13-10-7-9(1-2-11(10)14)16-18-5-3-17(4-6-18)12(19)8-15/h1-2,7,16H,3-6,8,15H2. The summed E-state index contributed by atoms with van der Waals surface area (Å²) in [5.41, 5.74) is 9.19. The highest BCUT2D eigenvalue weighted by molar-refractivity contribution is 6.31. The third kappa shape index (κ3) is 3.56. The topological polar surface area (TPSA) is 61.6 Å². The second kappa shape index (κ2) is 6.18. The Hall–Kier alpha value is -1.37. The van der Waals surface area contributed by atoms with Crippen LogP contribution in [0.3, 0.4) is 0 Å². The second-order valence-corrected chi connectivity index (χ2v) is 4.72. The van der Waals surface area contributed by atoms with E-state index in [1.54, 1.807) is 11.0 Å². The Kier molecular flexibility index (Phi) is 4.57. The molecule has 2 rings (SSSR count). The fraction of sp³-hybridized carbons (Fsp3) is 0.417. The molecular formula is C12H16ClFN4O. The highest BCUT2D eigenvalue weighted by Gasteiger charge is 2.19. The monoisotopic (exact) mass is 286 g/mol. The largest absolute Gasteiger partial charge is 0.339 e. The highest BCUT2D eigenvalue weighted by Crippen LogP contribution is 2.20. The average Bonchev–Trinajstić information content (AvgIpc) is 2.43. The van der Waals surface area contributed by atoms with E-state index in [-0.39, 0.29) is 17.5 Å². The molecular weight excluding hydrogens is 271 g/mol. The SMILES string of the molecule is NCC(=O)N1CCN(Nc2ccc(F)c(Cl)c2)CC1. The number of piperazine rings is 1. The summed E-state index contributed by atoms with van der Waals surface area (Å²) >= 11 is 5.71. The third-order valence-corrected chi connectivity index (χ3v) is 3.30. The Balaban J connectivity index is 1.88. The number of amides is 1. The van der Waals surface area contributed by atoms with Gasteiger partial charge >= 0.3 is 0 Å². The number of hydrazine groups is 1. The molecule has 1 heterocycles. The molecule has 0 radical (unpaired) electrons. The van der Waals surface area contributed by atoms with Crippen LogP contribution >= 0.6 is 11.6 Å². The van der Waals surface area contributed by atoms with E-state index in [2.05, 4.69) is 5.43 Å². The van der Waals surface area contributed by atoms with Gasteiger partial charge in [0.15, 0.2) is 0 Å². The van der Waals surface area contributed by atoms with Gasteiger partial charge in [0.2, 0.25) is 5.91 Å². The van der Waals surface area contributed by atoms with Crippen LogP contribution in [0.2, 0.25) is 5.02 Å². The number of nitrogens with one attached hydrogen (secondary N) is 1. The Morgan fingerprint density at radius 3 is 2.63 bits per heavy atom. The molecule has 5 nitrogen and oxygen atoms in total. The summed E-state index contributed by atoms with van der Waals surface area (Å²) < 4.78 is 13.0. The van der Waals surface area contributed by atoms with Crippen molar-refractivity contribution >= 4 is 23.2 Å². The number of hydrogen-bond acceptors (Lipinski definition) is 4. The lowest BCUT2D eigenvalue weighted by Crippen LogP contribution is -2.51. The van der Waals surface area contributed by atoms with Gasteiger partial charge in [-0.25, -0.2) is 9.40 Å². The van der Waals surface area contributed by atoms with Gasteiger partial charge in [-0.2, -0.15) is 0 Å². The molecule has 1 aromatic rings. The first-order valence-electron chi connectivity index (χ1n) is 6.04. The van der Waals surface area contributed by atoms with Gasteiger partial charge < -0.3 is 16.1 Å². The van der Waals surface area contributed by atoms with Crippen molar-refractivity contribution in [3.63, 3.8) is 0 Å². The molecule has 0 aromatic heterocycles. The van der Waals surface area contributed by atoms with Crippen molar-refractivity contribution in [2.75, 3.05) is 38.1 Å². The molecule has 0 atom stereocenters. The van der Waals surface area contributed by atoms with Crippen molar-refractivity contribution in [2.24, 2.45) is 5.73 Å². The molecule has 0 unspecified atom stereocenters. The maximum absolute atomic E-state index is 13.0. The quantitative estimate of drug-likeness (QED) is 0.867. The van der Waals surface area contributed by atoms with Crippen LogP contribution in [0, 0.1) is 5.82 Å². The molecule has 0 bridgehead atoms. The van der Waals surface area contributed by atoms with E-state index < -0.39 is 5.82 Å². The van der Waals surface area contributed by atoms with E-state index in [0.29, 0.717) is 26.2 Å². The molecule has 7 heteroatoms. The Morgan fingerprint density at radius 2 is 2.05 bits per heavy atom. The zero-order chi connectivity index (χ0) is 13.8. The lowest BCUT2D eigenvalue weighted by Gasteiger charge is -2.35. The molecule has 0 spiro atoms. The zero-order valence-corrected chi connectivity index (χ0v) is 11.2. The van der Waals surface area contributed by atoms with E-state index in [9.17, 15) is 9.18 Å². The van der Waals surface area contributed by atoms with Crippen molar-refractivity contribution < 1.29 is 9.18 Å². The Bertz CT molecular complexity index is 463. The van der Waals surface area contributed by atoms with Crippen LogP contribution in [-0.4, -0.2) is 48.5 Å². The van der Waals surface area contributed by atoms with Crippen LogP contribution in [0.1, 0.15) is 0 Å². The molecule has 3 N–H and O–H groups in total. The van der Waals surface area contributed by atoms with Crippen LogP contribution in [0.4, 0.5) is 10.1 Å². The summed E-state index contributed by atoms with van der Waals surface area (Å²) in [6.45, 7) is 2.65. The summed E-state index contributed by atoms with van der Waals surface area (Å²) in [5, 5.41) is 2.05. The average molecular weight is 287 g/mol. The van der Waals surface area contributed by atoms with Crippen molar-refractivity contribution in [3.8, 4) is 0 Å². The number of halogens is 2. The second-order valence-electron chi connectivity index (χ2n) is 4.31. The van der Waals surface area contributed by atoms with Gasteiger partial charge in [-0.05, 0) is 18.2 Å². The van der Waals surface area contributed by atoms with Gasteiger partial charge in [-0.15, -0.1) is 0 Å². The summed E-state index contributed by atoms with van der Waals surface area (Å²) in [6, 6.07) is 4.48. The summed E-state index contributed by atoms with van der Waals surface area (Å²) in [4.78, 5) is 13.1.